The molecule has 3 rings (SSSR count). The molecule has 0 spiro atoms. The number of hydrogen-bond donors (Lipinski definition) is 1. The van der Waals surface area contributed by atoms with Gasteiger partial charge in [0.15, 0.2) is 0 Å². The Morgan fingerprint density at radius 3 is 1.68 bits per heavy atom. The molecule has 0 aliphatic carbocycles. The number of carbonyl (C=O) groups excluding carboxylic acids is 1. The van der Waals surface area contributed by atoms with Gasteiger partial charge in [-0.3, -0.25) is 4.79 Å². The Labute approximate surface area is 189 Å². The molecule has 0 radical (unpaired) electrons. The van der Waals surface area contributed by atoms with Crippen molar-refractivity contribution in [3.8, 4) is 0 Å². The van der Waals surface area contributed by atoms with Crippen LogP contribution in [0.1, 0.15) is 17.2 Å². The summed E-state index contributed by atoms with van der Waals surface area (Å²) in [5, 5.41) is 3.46. The van der Waals surface area contributed by atoms with E-state index in [2.05, 4.69) is 5.32 Å². The molecule has 0 aromatic heterocycles. The van der Waals surface area contributed by atoms with Gasteiger partial charge in [-0.05, 0) is 59.7 Å². The van der Waals surface area contributed by atoms with E-state index < -0.39 is 0 Å². The summed E-state index contributed by atoms with van der Waals surface area (Å²) in [5.41, 5.74) is 4.86. The molecule has 0 heterocycles. The molecule has 0 saturated heterocycles. The summed E-state index contributed by atoms with van der Waals surface area (Å²) in [6, 6.07) is 23.3. The highest BCUT2D eigenvalue weighted by atomic mass is 35.5. The number of hydrogen-bond acceptors (Lipinski definition) is 4. The summed E-state index contributed by atoms with van der Waals surface area (Å²) in [6.07, 6.45) is -0.358. The Morgan fingerprint density at radius 2 is 1.26 bits per heavy atom. The van der Waals surface area contributed by atoms with E-state index in [1.807, 2.05) is 86.5 Å². The van der Waals surface area contributed by atoms with E-state index in [0.717, 1.165) is 22.5 Å². The fourth-order valence-corrected chi connectivity index (χ4v) is 3.29. The predicted octanol–water partition coefficient (Wildman–Crippen LogP) is 5.22. The zero-order chi connectivity index (χ0) is 22.4. The summed E-state index contributed by atoms with van der Waals surface area (Å²) >= 11 is 5.90. The van der Waals surface area contributed by atoms with E-state index in [0.29, 0.717) is 10.7 Å². The van der Waals surface area contributed by atoms with E-state index in [9.17, 15) is 4.79 Å². The first kappa shape index (κ1) is 22.7. The minimum Gasteiger partial charge on any atom is -0.378 e. The average molecular weight is 438 g/mol. The highest BCUT2D eigenvalue weighted by Crippen LogP contribution is 2.29. The Balaban J connectivity index is 1.77. The van der Waals surface area contributed by atoms with Crippen molar-refractivity contribution < 1.29 is 9.53 Å². The molecule has 6 heteroatoms. The average Bonchev–Trinajstić information content (AvgIpc) is 2.76. The third-order valence-electron chi connectivity index (χ3n) is 4.93. The third kappa shape index (κ3) is 6.23. The standard InChI is InChI=1S/C25H28ClN3O2/c1-28(2)22-13-5-18(6-14-22)25(19-7-15-23(16-8-19)29(3)4)31-17-24(30)27-21-11-9-20(26)10-12-21/h5-16,25H,17H2,1-4H3,(H,27,30). The van der Waals surface area contributed by atoms with E-state index in [4.69, 9.17) is 16.3 Å². The lowest BCUT2D eigenvalue weighted by Gasteiger charge is -2.21. The van der Waals surface area contributed by atoms with Gasteiger partial charge in [0.1, 0.15) is 12.7 Å². The first-order valence-corrected chi connectivity index (χ1v) is 10.4. The molecule has 0 bridgehead atoms. The second-order valence-corrected chi connectivity index (χ2v) is 8.15. The van der Waals surface area contributed by atoms with Crippen LogP contribution in [0, 0.1) is 0 Å². The summed E-state index contributed by atoms with van der Waals surface area (Å²) in [5.74, 6) is -0.220. The van der Waals surface area contributed by atoms with Crippen LogP contribution in [0.5, 0.6) is 0 Å². The largest absolute Gasteiger partial charge is 0.378 e. The number of anilines is 3. The van der Waals surface area contributed by atoms with Gasteiger partial charge in [0.25, 0.3) is 0 Å². The maximum Gasteiger partial charge on any atom is 0.250 e. The molecule has 162 valence electrons. The molecule has 0 aliphatic heterocycles. The number of ether oxygens (including phenoxy) is 1. The predicted molar refractivity (Wildman–Crippen MR) is 129 cm³/mol. The van der Waals surface area contributed by atoms with Crippen LogP contribution in [-0.4, -0.2) is 40.7 Å². The zero-order valence-corrected chi connectivity index (χ0v) is 19.1. The van der Waals surface area contributed by atoms with Crippen LogP contribution in [0.15, 0.2) is 72.8 Å². The molecule has 0 saturated carbocycles. The van der Waals surface area contributed by atoms with Crippen LogP contribution in [0.3, 0.4) is 0 Å². The van der Waals surface area contributed by atoms with Gasteiger partial charge >= 0.3 is 0 Å². The monoisotopic (exact) mass is 437 g/mol. The van der Waals surface area contributed by atoms with Crippen molar-refractivity contribution in [3.05, 3.63) is 88.9 Å². The molecule has 5 nitrogen and oxygen atoms in total. The second-order valence-electron chi connectivity index (χ2n) is 7.72. The maximum absolute atomic E-state index is 12.5. The van der Waals surface area contributed by atoms with E-state index in [1.54, 1.807) is 24.3 Å². The van der Waals surface area contributed by atoms with Gasteiger partial charge < -0.3 is 19.9 Å². The van der Waals surface area contributed by atoms with Gasteiger partial charge in [0, 0.05) is 50.3 Å². The normalized spacial score (nSPS) is 10.8. The Morgan fingerprint density at radius 1 is 0.806 bits per heavy atom. The Kier molecular flexibility index (Phi) is 7.55. The van der Waals surface area contributed by atoms with E-state index >= 15 is 0 Å². The zero-order valence-electron chi connectivity index (χ0n) is 18.3. The van der Waals surface area contributed by atoms with Crippen molar-refractivity contribution in [2.75, 3.05) is 49.9 Å². The summed E-state index contributed by atoms with van der Waals surface area (Å²) in [7, 11) is 8.02. The Hall–Kier alpha value is -3.02. The maximum atomic E-state index is 12.5. The van der Waals surface area contributed by atoms with Gasteiger partial charge in [0.2, 0.25) is 5.91 Å². The SMILES string of the molecule is CN(C)c1ccc(C(OCC(=O)Nc2ccc(Cl)cc2)c2ccc(N(C)C)cc2)cc1. The van der Waals surface area contributed by atoms with Crippen molar-refractivity contribution in [3.63, 3.8) is 0 Å². The van der Waals surface area contributed by atoms with E-state index in [-0.39, 0.29) is 18.6 Å². The number of amides is 1. The molecular weight excluding hydrogens is 410 g/mol. The summed E-state index contributed by atoms with van der Waals surface area (Å²) < 4.78 is 6.11. The highest BCUT2D eigenvalue weighted by molar-refractivity contribution is 6.30. The van der Waals surface area contributed by atoms with Crippen LogP contribution < -0.4 is 15.1 Å². The molecule has 0 atom stereocenters. The Bertz CT molecular complexity index is 933. The number of nitrogens with one attached hydrogen (secondary N) is 1. The van der Waals surface area contributed by atoms with Gasteiger partial charge in [0.05, 0.1) is 0 Å². The van der Waals surface area contributed by atoms with Gasteiger partial charge in [-0.2, -0.15) is 0 Å². The minimum atomic E-state index is -0.358. The molecule has 0 fully saturated rings. The molecule has 1 N–H and O–H groups in total. The molecular formula is C25H28ClN3O2. The van der Waals surface area contributed by atoms with Gasteiger partial charge in [-0.1, -0.05) is 35.9 Å². The summed E-state index contributed by atoms with van der Waals surface area (Å²) in [4.78, 5) is 16.6. The van der Waals surface area contributed by atoms with Crippen LogP contribution in [0.25, 0.3) is 0 Å². The van der Waals surface area contributed by atoms with Crippen molar-refractivity contribution in [1.29, 1.82) is 0 Å². The third-order valence-corrected chi connectivity index (χ3v) is 5.19. The fraction of sp³-hybridized carbons (Fsp3) is 0.240. The lowest BCUT2D eigenvalue weighted by atomic mass is 10.0. The van der Waals surface area contributed by atoms with Crippen molar-refractivity contribution in [1.82, 2.24) is 0 Å². The van der Waals surface area contributed by atoms with Gasteiger partial charge in [-0.15, -0.1) is 0 Å². The highest BCUT2D eigenvalue weighted by Gasteiger charge is 2.17. The van der Waals surface area contributed by atoms with Crippen molar-refractivity contribution in [2.45, 2.75) is 6.10 Å². The lowest BCUT2D eigenvalue weighted by Crippen LogP contribution is -2.20. The molecule has 3 aromatic rings. The molecule has 0 unspecified atom stereocenters. The van der Waals surface area contributed by atoms with Crippen LogP contribution in [0.4, 0.5) is 17.1 Å². The number of benzene rings is 3. The number of halogens is 1. The minimum absolute atomic E-state index is 0.0713. The molecule has 1 amide bonds. The summed E-state index contributed by atoms with van der Waals surface area (Å²) in [6.45, 7) is -0.0713. The number of carbonyl (C=O) groups is 1. The van der Waals surface area contributed by atoms with Crippen LogP contribution >= 0.6 is 11.6 Å². The molecule has 3 aromatic carbocycles. The first-order valence-electron chi connectivity index (χ1n) is 10.0. The second kappa shape index (κ2) is 10.3. The van der Waals surface area contributed by atoms with Crippen molar-refractivity contribution >= 4 is 34.6 Å². The number of rotatable bonds is 8. The van der Waals surface area contributed by atoms with Gasteiger partial charge in [-0.25, -0.2) is 0 Å². The number of nitrogens with zero attached hydrogens (tertiary/aromatic N) is 2. The lowest BCUT2D eigenvalue weighted by molar-refractivity contribution is -0.121. The topological polar surface area (TPSA) is 44.8 Å². The molecule has 0 aliphatic rings. The fourth-order valence-electron chi connectivity index (χ4n) is 3.17. The molecule has 31 heavy (non-hydrogen) atoms. The quantitative estimate of drug-likeness (QED) is 0.525. The van der Waals surface area contributed by atoms with Crippen LogP contribution in [-0.2, 0) is 9.53 Å². The van der Waals surface area contributed by atoms with Crippen LogP contribution in [0.2, 0.25) is 5.02 Å². The van der Waals surface area contributed by atoms with Crippen molar-refractivity contribution in [2.24, 2.45) is 0 Å². The van der Waals surface area contributed by atoms with E-state index in [1.165, 1.54) is 0 Å². The first-order chi connectivity index (χ1) is 14.8. The smallest absolute Gasteiger partial charge is 0.250 e.